The molecule has 4 heteroatoms. The molecule has 0 heterocycles. The van der Waals surface area contributed by atoms with E-state index in [4.69, 9.17) is 14.2 Å². The van der Waals surface area contributed by atoms with Crippen molar-refractivity contribution >= 4 is 0 Å². The van der Waals surface area contributed by atoms with Gasteiger partial charge in [0.2, 0.25) is 5.75 Å². The summed E-state index contributed by atoms with van der Waals surface area (Å²) in [7, 11) is 4.81. The largest absolute Gasteiger partial charge is 0.493 e. The fraction of sp³-hybridized carbons (Fsp3) is 0.429. The van der Waals surface area contributed by atoms with Crippen LogP contribution >= 0.6 is 0 Å². The number of methoxy groups -OCH3 is 3. The lowest BCUT2D eigenvalue weighted by molar-refractivity contribution is 0.323. The minimum atomic E-state index is 0.608. The molecule has 1 aromatic rings. The quantitative estimate of drug-likeness (QED) is 0.616. The molecule has 0 spiro atoms. The van der Waals surface area contributed by atoms with Crippen molar-refractivity contribution < 1.29 is 14.2 Å². The van der Waals surface area contributed by atoms with E-state index < -0.39 is 0 Å². The van der Waals surface area contributed by atoms with Gasteiger partial charge in [-0.2, -0.15) is 0 Å². The second-order valence-corrected chi connectivity index (χ2v) is 3.56. The average Bonchev–Trinajstić information content (AvgIpc) is 2.42. The summed E-state index contributed by atoms with van der Waals surface area (Å²) >= 11 is 0. The molecule has 0 saturated heterocycles. The Bertz CT molecular complexity index is 421. The van der Waals surface area contributed by atoms with Crippen molar-refractivity contribution in [3.05, 3.63) is 17.7 Å². The molecule has 0 aliphatic rings. The van der Waals surface area contributed by atoms with Crippen LogP contribution in [0.15, 0.2) is 12.1 Å². The molecule has 0 aliphatic carbocycles. The second kappa shape index (κ2) is 7.46. The summed E-state index contributed by atoms with van der Waals surface area (Å²) in [6, 6.07) is 3.85. The Labute approximate surface area is 108 Å². The highest BCUT2D eigenvalue weighted by Gasteiger charge is 2.12. The molecule has 0 radical (unpaired) electrons. The van der Waals surface area contributed by atoms with Gasteiger partial charge in [0, 0.05) is 6.54 Å². The molecule has 18 heavy (non-hydrogen) atoms. The Kier molecular flexibility index (Phi) is 5.89. The minimum Gasteiger partial charge on any atom is -0.493 e. The molecular formula is C14H19NO3. The number of ether oxygens (including phenoxy) is 3. The highest BCUT2D eigenvalue weighted by molar-refractivity contribution is 5.53. The maximum atomic E-state index is 5.29. The maximum Gasteiger partial charge on any atom is 0.203 e. The summed E-state index contributed by atoms with van der Waals surface area (Å²) in [5, 5.41) is 3.22. The topological polar surface area (TPSA) is 39.7 Å². The van der Waals surface area contributed by atoms with Crippen LogP contribution in [0.3, 0.4) is 0 Å². The van der Waals surface area contributed by atoms with Gasteiger partial charge in [-0.1, -0.05) is 5.92 Å². The van der Waals surface area contributed by atoms with Gasteiger partial charge in [-0.3, -0.25) is 0 Å². The third kappa shape index (κ3) is 3.57. The van der Waals surface area contributed by atoms with Crippen LogP contribution in [-0.2, 0) is 6.54 Å². The summed E-state index contributed by atoms with van der Waals surface area (Å²) in [5.41, 5.74) is 1.06. The Hall–Kier alpha value is -1.86. The third-order valence-corrected chi connectivity index (χ3v) is 2.44. The van der Waals surface area contributed by atoms with Crippen LogP contribution in [-0.4, -0.2) is 27.9 Å². The fourth-order valence-corrected chi connectivity index (χ4v) is 1.60. The monoisotopic (exact) mass is 249 g/mol. The number of hydrogen-bond acceptors (Lipinski definition) is 4. The van der Waals surface area contributed by atoms with Crippen LogP contribution in [0.25, 0.3) is 0 Å². The Balaban J connectivity index is 2.88. The SMILES string of the molecule is CC#CCNCc1cc(OC)c(OC)c(OC)c1. The van der Waals surface area contributed by atoms with Crippen LogP contribution in [0.1, 0.15) is 12.5 Å². The molecule has 0 aromatic heterocycles. The van der Waals surface area contributed by atoms with Crippen molar-refractivity contribution in [2.45, 2.75) is 13.5 Å². The van der Waals surface area contributed by atoms with E-state index in [-0.39, 0.29) is 0 Å². The van der Waals surface area contributed by atoms with Crippen molar-refractivity contribution in [3.8, 4) is 29.1 Å². The van der Waals surface area contributed by atoms with Gasteiger partial charge in [0.1, 0.15) is 0 Å². The lowest BCUT2D eigenvalue weighted by Gasteiger charge is -2.14. The van der Waals surface area contributed by atoms with Crippen molar-refractivity contribution in [3.63, 3.8) is 0 Å². The van der Waals surface area contributed by atoms with Crippen molar-refractivity contribution in [1.82, 2.24) is 5.32 Å². The van der Waals surface area contributed by atoms with Gasteiger partial charge in [-0.15, -0.1) is 5.92 Å². The highest BCUT2D eigenvalue weighted by atomic mass is 16.5. The molecule has 98 valence electrons. The van der Waals surface area contributed by atoms with Crippen LogP contribution < -0.4 is 19.5 Å². The smallest absolute Gasteiger partial charge is 0.203 e. The average molecular weight is 249 g/mol. The van der Waals surface area contributed by atoms with E-state index in [9.17, 15) is 0 Å². The molecule has 0 saturated carbocycles. The molecule has 1 N–H and O–H groups in total. The molecule has 0 unspecified atom stereocenters. The molecule has 4 nitrogen and oxygen atoms in total. The van der Waals surface area contributed by atoms with Gasteiger partial charge in [0.25, 0.3) is 0 Å². The molecule has 0 atom stereocenters. The van der Waals surface area contributed by atoms with Crippen LogP contribution in [0, 0.1) is 11.8 Å². The number of hydrogen-bond donors (Lipinski definition) is 1. The standard InChI is InChI=1S/C14H19NO3/c1-5-6-7-15-10-11-8-12(16-2)14(18-4)13(9-11)17-3/h8-9,15H,7,10H2,1-4H3. The molecule has 0 fully saturated rings. The van der Waals surface area contributed by atoms with E-state index in [0.717, 1.165) is 5.56 Å². The second-order valence-electron chi connectivity index (χ2n) is 3.56. The predicted molar refractivity (Wildman–Crippen MR) is 71.3 cm³/mol. The van der Waals surface area contributed by atoms with E-state index in [0.29, 0.717) is 30.3 Å². The van der Waals surface area contributed by atoms with Gasteiger partial charge in [-0.25, -0.2) is 0 Å². The molecule has 0 aliphatic heterocycles. The van der Waals surface area contributed by atoms with Gasteiger partial charge in [0.05, 0.1) is 27.9 Å². The van der Waals surface area contributed by atoms with E-state index in [1.165, 1.54) is 0 Å². The van der Waals surface area contributed by atoms with Crippen molar-refractivity contribution in [2.24, 2.45) is 0 Å². The summed E-state index contributed by atoms with van der Waals surface area (Å²) in [5.74, 6) is 7.72. The third-order valence-electron chi connectivity index (χ3n) is 2.44. The predicted octanol–water partition coefficient (Wildman–Crippen LogP) is 1.83. The lowest BCUT2D eigenvalue weighted by Crippen LogP contribution is -2.13. The Morgan fingerprint density at radius 1 is 1.06 bits per heavy atom. The number of benzene rings is 1. The molecule has 0 amide bonds. The summed E-state index contributed by atoms with van der Waals surface area (Å²) < 4.78 is 15.8. The first-order chi connectivity index (χ1) is 8.76. The zero-order valence-electron chi connectivity index (χ0n) is 11.3. The van der Waals surface area contributed by atoms with Crippen LogP contribution in [0.4, 0.5) is 0 Å². The Morgan fingerprint density at radius 2 is 1.67 bits per heavy atom. The first-order valence-corrected chi connectivity index (χ1v) is 5.66. The van der Waals surface area contributed by atoms with Crippen LogP contribution in [0.2, 0.25) is 0 Å². The van der Waals surface area contributed by atoms with Gasteiger partial charge in [0.15, 0.2) is 11.5 Å². The van der Waals surface area contributed by atoms with Crippen LogP contribution in [0.5, 0.6) is 17.2 Å². The summed E-state index contributed by atoms with van der Waals surface area (Å²) in [4.78, 5) is 0. The Morgan fingerprint density at radius 3 is 2.11 bits per heavy atom. The summed E-state index contributed by atoms with van der Waals surface area (Å²) in [6.45, 7) is 3.18. The molecular weight excluding hydrogens is 230 g/mol. The normalized spacial score (nSPS) is 9.33. The van der Waals surface area contributed by atoms with E-state index in [1.807, 2.05) is 19.1 Å². The molecule has 0 bridgehead atoms. The zero-order chi connectivity index (χ0) is 13.4. The summed E-state index contributed by atoms with van der Waals surface area (Å²) in [6.07, 6.45) is 0. The maximum absolute atomic E-state index is 5.29. The number of rotatable bonds is 6. The van der Waals surface area contributed by atoms with E-state index in [1.54, 1.807) is 21.3 Å². The molecule has 1 rings (SSSR count). The van der Waals surface area contributed by atoms with Gasteiger partial charge >= 0.3 is 0 Å². The van der Waals surface area contributed by atoms with E-state index >= 15 is 0 Å². The van der Waals surface area contributed by atoms with Crippen molar-refractivity contribution in [1.29, 1.82) is 0 Å². The minimum absolute atomic E-state index is 0.608. The fourth-order valence-electron chi connectivity index (χ4n) is 1.60. The molecule has 1 aromatic carbocycles. The highest BCUT2D eigenvalue weighted by Crippen LogP contribution is 2.38. The zero-order valence-corrected chi connectivity index (χ0v) is 11.3. The number of nitrogens with one attached hydrogen (secondary N) is 1. The first kappa shape index (κ1) is 14.2. The first-order valence-electron chi connectivity index (χ1n) is 5.66. The van der Waals surface area contributed by atoms with Gasteiger partial charge in [-0.05, 0) is 24.6 Å². The van der Waals surface area contributed by atoms with E-state index in [2.05, 4.69) is 17.2 Å². The van der Waals surface area contributed by atoms with Gasteiger partial charge < -0.3 is 19.5 Å². The van der Waals surface area contributed by atoms with Crippen molar-refractivity contribution in [2.75, 3.05) is 27.9 Å². The lowest BCUT2D eigenvalue weighted by atomic mass is 10.2.